The second-order valence-corrected chi connectivity index (χ2v) is 4.31. The van der Waals surface area contributed by atoms with Crippen LogP contribution in [0.15, 0.2) is 24.3 Å². The van der Waals surface area contributed by atoms with Gasteiger partial charge >= 0.3 is 0 Å². The second-order valence-electron chi connectivity index (χ2n) is 4.31. The minimum atomic E-state index is -0.306. The number of hydrogen-bond acceptors (Lipinski definition) is 3. The molecule has 0 aliphatic rings. The number of para-hydroxylation sites is 2. The van der Waals surface area contributed by atoms with Gasteiger partial charge in [-0.15, -0.1) is 0 Å². The first kappa shape index (κ1) is 11.9. The summed E-state index contributed by atoms with van der Waals surface area (Å²) in [4.78, 5) is 4.49. The van der Waals surface area contributed by atoms with Gasteiger partial charge in [0.1, 0.15) is 0 Å². The molecule has 0 saturated carbocycles. The third-order valence-corrected chi connectivity index (χ3v) is 2.90. The molecule has 0 spiro atoms. The molecule has 17 heavy (non-hydrogen) atoms. The number of benzene rings is 1. The lowest BCUT2D eigenvalue weighted by molar-refractivity contribution is 0.176. The Kier molecular flexibility index (Phi) is 3.64. The summed E-state index contributed by atoms with van der Waals surface area (Å²) >= 11 is 0. The normalized spacial score (nSPS) is 12.9. The van der Waals surface area contributed by atoms with Crippen LogP contribution in [-0.2, 0) is 7.05 Å². The van der Waals surface area contributed by atoms with E-state index in [1.54, 1.807) is 0 Å². The number of rotatable bonds is 5. The van der Waals surface area contributed by atoms with Crippen LogP contribution in [-0.4, -0.2) is 27.3 Å². The van der Waals surface area contributed by atoms with E-state index in [2.05, 4.69) is 17.2 Å². The van der Waals surface area contributed by atoms with Gasteiger partial charge in [0.25, 0.3) is 0 Å². The average Bonchev–Trinajstić information content (AvgIpc) is 2.65. The first-order chi connectivity index (χ1) is 8.22. The molecule has 0 fully saturated rings. The highest BCUT2D eigenvalue weighted by Gasteiger charge is 2.08. The largest absolute Gasteiger partial charge is 0.391 e. The highest BCUT2D eigenvalue weighted by molar-refractivity contribution is 5.78. The van der Waals surface area contributed by atoms with Gasteiger partial charge in [-0.25, -0.2) is 4.98 Å². The van der Waals surface area contributed by atoms with Crippen molar-refractivity contribution in [3.63, 3.8) is 0 Å². The molecule has 1 atom stereocenters. The number of aliphatic hydroxyl groups excluding tert-OH is 1. The van der Waals surface area contributed by atoms with Crippen molar-refractivity contribution in [1.29, 1.82) is 0 Å². The maximum absolute atomic E-state index is 9.68. The van der Waals surface area contributed by atoms with Crippen molar-refractivity contribution >= 4 is 17.0 Å². The molecule has 1 aromatic carbocycles. The molecule has 2 aromatic rings. The van der Waals surface area contributed by atoms with Crippen molar-refractivity contribution in [2.45, 2.75) is 25.9 Å². The van der Waals surface area contributed by atoms with Gasteiger partial charge in [-0.1, -0.05) is 25.5 Å². The van der Waals surface area contributed by atoms with Crippen LogP contribution in [0.1, 0.15) is 19.8 Å². The van der Waals surface area contributed by atoms with E-state index >= 15 is 0 Å². The minimum absolute atomic E-state index is 0.306. The highest BCUT2D eigenvalue weighted by atomic mass is 16.3. The molecule has 1 unspecified atom stereocenters. The molecule has 1 aromatic heterocycles. The fraction of sp³-hybridized carbons (Fsp3) is 0.462. The van der Waals surface area contributed by atoms with Gasteiger partial charge in [0.2, 0.25) is 5.95 Å². The summed E-state index contributed by atoms with van der Waals surface area (Å²) in [5.41, 5.74) is 2.07. The van der Waals surface area contributed by atoms with Crippen LogP contribution in [0.5, 0.6) is 0 Å². The maximum atomic E-state index is 9.68. The van der Waals surface area contributed by atoms with Gasteiger partial charge in [-0.05, 0) is 18.6 Å². The lowest BCUT2D eigenvalue weighted by Gasteiger charge is -2.11. The number of anilines is 1. The van der Waals surface area contributed by atoms with Gasteiger partial charge in [-0.2, -0.15) is 0 Å². The van der Waals surface area contributed by atoms with Crippen molar-refractivity contribution in [3.8, 4) is 0 Å². The van der Waals surface area contributed by atoms with E-state index in [1.165, 1.54) is 0 Å². The van der Waals surface area contributed by atoms with Crippen LogP contribution in [0.4, 0.5) is 5.95 Å². The first-order valence-corrected chi connectivity index (χ1v) is 6.05. The number of aromatic nitrogens is 2. The Labute approximate surface area is 101 Å². The van der Waals surface area contributed by atoms with Gasteiger partial charge in [0.05, 0.1) is 17.1 Å². The number of nitrogens with zero attached hydrogens (tertiary/aromatic N) is 2. The van der Waals surface area contributed by atoms with Gasteiger partial charge < -0.3 is 15.0 Å². The van der Waals surface area contributed by atoms with E-state index in [9.17, 15) is 5.11 Å². The van der Waals surface area contributed by atoms with Crippen molar-refractivity contribution < 1.29 is 5.11 Å². The molecule has 0 aliphatic heterocycles. The van der Waals surface area contributed by atoms with Crippen molar-refractivity contribution in [3.05, 3.63) is 24.3 Å². The second kappa shape index (κ2) is 5.19. The van der Waals surface area contributed by atoms with Crippen LogP contribution >= 0.6 is 0 Å². The van der Waals surface area contributed by atoms with E-state index in [0.29, 0.717) is 6.54 Å². The summed E-state index contributed by atoms with van der Waals surface area (Å²) < 4.78 is 2.01. The standard InChI is InChI=1S/C13H19N3O/c1-3-6-10(17)9-14-13-15-11-7-4-5-8-12(11)16(13)2/h4-5,7-8,10,17H,3,6,9H2,1-2H3,(H,14,15). The third kappa shape index (κ3) is 2.58. The zero-order valence-corrected chi connectivity index (χ0v) is 10.3. The molecule has 4 nitrogen and oxygen atoms in total. The quantitative estimate of drug-likeness (QED) is 0.832. The minimum Gasteiger partial charge on any atom is -0.391 e. The van der Waals surface area contributed by atoms with Crippen LogP contribution in [0.25, 0.3) is 11.0 Å². The molecule has 0 saturated heterocycles. The molecule has 0 amide bonds. The molecule has 92 valence electrons. The molecule has 4 heteroatoms. The smallest absolute Gasteiger partial charge is 0.203 e. The van der Waals surface area contributed by atoms with Gasteiger partial charge in [0.15, 0.2) is 0 Å². The molecular weight excluding hydrogens is 214 g/mol. The molecule has 2 N–H and O–H groups in total. The lowest BCUT2D eigenvalue weighted by atomic mass is 10.2. The van der Waals surface area contributed by atoms with Gasteiger partial charge in [-0.3, -0.25) is 0 Å². The van der Waals surface area contributed by atoms with E-state index in [1.807, 2.05) is 35.9 Å². The fourth-order valence-corrected chi connectivity index (χ4v) is 1.95. The fourth-order valence-electron chi connectivity index (χ4n) is 1.95. The average molecular weight is 233 g/mol. The van der Waals surface area contributed by atoms with Crippen molar-refractivity contribution in [1.82, 2.24) is 9.55 Å². The third-order valence-electron chi connectivity index (χ3n) is 2.90. The zero-order chi connectivity index (χ0) is 12.3. The van der Waals surface area contributed by atoms with Crippen molar-refractivity contribution in [2.75, 3.05) is 11.9 Å². The molecule has 0 radical (unpaired) electrons. The Balaban J connectivity index is 2.11. The molecule has 0 aliphatic carbocycles. The number of hydrogen-bond donors (Lipinski definition) is 2. The highest BCUT2D eigenvalue weighted by Crippen LogP contribution is 2.17. The maximum Gasteiger partial charge on any atom is 0.203 e. The van der Waals surface area contributed by atoms with E-state index in [0.717, 1.165) is 29.8 Å². The number of nitrogens with one attached hydrogen (secondary N) is 1. The lowest BCUT2D eigenvalue weighted by Crippen LogP contribution is -2.20. The number of imidazole rings is 1. The predicted molar refractivity (Wildman–Crippen MR) is 70.1 cm³/mol. The Morgan fingerprint density at radius 2 is 2.18 bits per heavy atom. The Hall–Kier alpha value is -1.55. The van der Waals surface area contributed by atoms with Crippen LogP contribution in [0.2, 0.25) is 0 Å². The van der Waals surface area contributed by atoms with E-state index < -0.39 is 0 Å². The molecule has 2 rings (SSSR count). The monoisotopic (exact) mass is 233 g/mol. The molecular formula is C13H19N3O. The van der Waals surface area contributed by atoms with E-state index in [4.69, 9.17) is 0 Å². The molecule has 0 bridgehead atoms. The van der Waals surface area contributed by atoms with Gasteiger partial charge in [0, 0.05) is 13.6 Å². The summed E-state index contributed by atoms with van der Waals surface area (Å²) in [6.45, 7) is 2.61. The zero-order valence-electron chi connectivity index (χ0n) is 10.3. The van der Waals surface area contributed by atoms with Crippen LogP contribution in [0, 0.1) is 0 Å². The van der Waals surface area contributed by atoms with Crippen LogP contribution < -0.4 is 5.32 Å². The Morgan fingerprint density at radius 3 is 2.88 bits per heavy atom. The number of aliphatic hydroxyl groups is 1. The number of aryl methyl sites for hydroxylation is 1. The topological polar surface area (TPSA) is 50.1 Å². The summed E-state index contributed by atoms with van der Waals surface area (Å²) in [6, 6.07) is 8.00. The molecule has 1 heterocycles. The van der Waals surface area contributed by atoms with E-state index in [-0.39, 0.29) is 6.10 Å². The summed E-state index contributed by atoms with van der Waals surface area (Å²) in [6.07, 6.45) is 1.50. The predicted octanol–water partition coefficient (Wildman–Crippen LogP) is 2.15. The van der Waals surface area contributed by atoms with Crippen molar-refractivity contribution in [2.24, 2.45) is 7.05 Å². The summed E-state index contributed by atoms with van der Waals surface area (Å²) in [5, 5.41) is 12.9. The summed E-state index contributed by atoms with van der Waals surface area (Å²) in [7, 11) is 1.98. The van der Waals surface area contributed by atoms with Crippen LogP contribution in [0.3, 0.4) is 0 Å². The number of fused-ring (bicyclic) bond motifs is 1. The Morgan fingerprint density at radius 1 is 1.41 bits per heavy atom. The Bertz CT molecular complexity index is 492. The first-order valence-electron chi connectivity index (χ1n) is 6.05. The summed E-state index contributed by atoms with van der Waals surface area (Å²) in [5.74, 6) is 0.807. The SMILES string of the molecule is CCCC(O)CNc1nc2ccccc2n1C.